The molecule has 0 unspecified atom stereocenters. The summed E-state index contributed by atoms with van der Waals surface area (Å²) in [5.41, 5.74) is -2.25. The molecular formula is C15H13F6N. The molecule has 22 heavy (non-hydrogen) atoms. The number of hydrogen-bond acceptors (Lipinski definition) is 1. The summed E-state index contributed by atoms with van der Waals surface area (Å²) in [5.74, 6) is 0. The predicted octanol–water partition coefficient (Wildman–Crippen LogP) is 5.03. The molecule has 0 fully saturated rings. The van der Waals surface area contributed by atoms with Gasteiger partial charge in [-0.15, -0.1) is 0 Å². The Balaban J connectivity index is 2.66. The van der Waals surface area contributed by atoms with Crippen molar-refractivity contribution in [2.75, 3.05) is 7.05 Å². The Morgan fingerprint density at radius 3 is 2.14 bits per heavy atom. The maximum absolute atomic E-state index is 13.1. The first-order chi connectivity index (χ1) is 10.0. The molecule has 0 amide bonds. The van der Waals surface area contributed by atoms with E-state index in [1.807, 2.05) is 0 Å². The van der Waals surface area contributed by atoms with Crippen molar-refractivity contribution < 1.29 is 26.3 Å². The van der Waals surface area contributed by atoms with Gasteiger partial charge in [-0.2, -0.15) is 26.3 Å². The minimum Gasteiger partial charge on any atom is -0.351 e. The maximum atomic E-state index is 13.1. The van der Waals surface area contributed by atoms with Crippen LogP contribution in [0.25, 0.3) is 0 Å². The number of hydrogen-bond donors (Lipinski definition) is 0. The van der Waals surface area contributed by atoms with Gasteiger partial charge in [0.05, 0.1) is 5.57 Å². The highest BCUT2D eigenvalue weighted by Gasteiger charge is 2.43. The van der Waals surface area contributed by atoms with Gasteiger partial charge in [0.25, 0.3) is 0 Å². The Morgan fingerprint density at radius 2 is 1.64 bits per heavy atom. The first-order valence-corrected chi connectivity index (χ1v) is 6.39. The first kappa shape index (κ1) is 16.5. The average Bonchev–Trinajstić information content (AvgIpc) is 2.37. The molecule has 0 saturated heterocycles. The molecule has 2 aliphatic rings. The van der Waals surface area contributed by atoms with E-state index in [0.29, 0.717) is 5.70 Å². The standard InChI is InChI=1S/C15H13F6N/c1-9-11(13-5-3-4-6-22(13)2)7-10(14(16,17)18)8-12(9)15(19,20)21/h3-6,8H,7H2,1-2H3. The Hall–Kier alpha value is -1.92. The van der Waals surface area contributed by atoms with E-state index in [1.54, 1.807) is 25.4 Å². The molecule has 0 saturated carbocycles. The molecule has 0 aromatic carbocycles. The molecule has 0 aromatic rings. The van der Waals surface area contributed by atoms with Gasteiger partial charge in [0.2, 0.25) is 0 Å². The van der Waals surface area contributed by atoms with Crippen molar-refractivity contribution in [3.05, 3.63) is 58.5 Å². The number of alkyl halides is 6. The number of halogens is 6. The third kappa shape index (κ3) is 3.13. The second-order valence-electron chi connectivity index (χ2n) is 5.06. The molecule has 7 heteroatoms. The van der Waals surface area contributed by atoms with Gasteiger partial charge in [-0.3, -0.25) is 0 Å². The van der Waals surface area contributed by atoms with Crippen LogP contribution in [0.15, 0.2) is 58.5 Å². The minimum absolute atomic E-state index is 0.0326. The number of likely N-dealkylation sites (N-methyl/N-ethyl adjacent to an activating group) is 1. The van der Waals surface area contributed by atoms with E-state index in [2.05, 4.69) is 0 Å². The predicted molar refractivity (Wildman–Crippen MR) is 70.6 cm³/mol. The fourth-order valence-electron chi connectivity index (χ4n) is 2.42. The van der Waals surface area contributed by atoms with E-state index in [9.17, 15) is 26.3 Å². The maximum Gasteiger partial charge on any atom is 0.416 e. The van der Waals surface area contributed by atoms with Crippen molar-refractivity contribution in [3.8, 4) is 0 Å². The van der Waals surface area contributed by atoms with Crippen LogP contribution in [-0.4, -0.2) is 24.3 Å². The topological polar surface area (TPSA) is 3.24 Å². The van der Waals surface area contributed by atoms with Crippen molar-refractivity contribution in [3.63, 3.8) is 0 Å². The molecule has 1 nitrogen and oxygen atoms in total. The van der Waals surface area contributed by atoms with Crippen LogP contribution < -0.4 is 0 Å². The Kier molecular flexibility index (Phi) is 4.02. The second kappa shape index (κ2) is 5.37. The fraction of sp³-hybridized carbons (Fsp3) is 0.333. The zero-order chi connectivity index (χ0) is 16.7. The van der Waals surface area contributed by atoms with Crippen LogP contribution >= 0.6 is 0 Å². The summed E-state index contributed by atoms with van der Waals surface area (Å²) in [7, 11) is 1.58. The SMILES string of the molecule is CC1=C(C(F)(F)F)C=C(C(F)(F)F)CC1=C1C=CC=CN1C. The Morgan fingerprint density at radius 1 is 1.00 bits per heavy atom. The summed E-state index contributed by atoms with van der Waals surface area (Å²) in [6.07, 6.45) is -3.68. The van der Waals surface area contributed by atoms with Gasteiger partial charge >= 0.3 is 12.4 Å². The third-order valence-corrected chi connectivity index (χ3v) is 3.58. The van der Waals surface area contributed by atoms with Gasteiger partial charge in [0.1, 0.15) is 0 Å². The number of allylic oxidation sites excluding steroid dienone is 8. The highest BCUT2D eigenvalue weighted by Crippen LogP contribution is 2.44. The molecule has 0 aromatic heterocycles. The van der Waals surface area contributed by atoms with Gasteiger partial charge in [-0.05, 0) is 36.3 Å². The highest BCUT2D eigenvalue weighted by molar-refractivity contribution is 5.54. The minimum atomic E-state index is -4.83. The van der Waals surface area contributed by atoms with Gasteiger partial charge in [0.15, 0.2) is 0 Å². The molecule has 120 valence electrons. The normalized spacial score (nSPS) is 23.3. The molecular weight excluding hydrogens is 308 g/mol. The smallest absolute Gasteiger partial charge is 0.351 e. The molecule has 2 rings (SSSR count). The van der Waals surface area contributed by atoms with Crippen molar-refractivity contribution in [2.24, 2.45) is 0 Å². The molecule has 0 atom stereocenters. The van der Waals surface area contributed by atoms with Crippen LogP contribution in [0, 0.1) is 0 Å². The zero-order valence-corrected chi connectivity index (χ0v) is 11.8. The van der Waals surface area contributed by atoms with Gasteiger partial charge < -0.3 is 4.90 Å². The number of rotatable bonds is 0. The van der Waals surface area contributed by atoms with Crippen LogP contribution in [0.3, 0.4) is 0 Å². The van der Waals surface area contributed by atoms with Gasteiger partial charge in [-0.25, -0.2) is 0 Å². The Bertz CT molecular complexity index is 625. The van der Waals surface area contributed by atoms with Crippen molar-refractivity contribution in [1.29, 1.82) is 0 Å². The number of nitrogens with zero attached hydrogens (tertiary/aromatic N) is 1. The molecule has 0 radical (unpaired) electrons. The average molecular weight is 321 g/mol. The van der Waals surface area contributed by atoms with Crippen LogP contribution in [0.4, 0.5) is 26.3 Å². The highest BCUT2D eigenvalue weighted by atomic mass is 19.4. The lowest BCUT2D eigenvalue weighted by Gasteiger charge is -2.28. The summed E-state index contributed by atoms with van der Waals surface area (Å²) in [5, 5.41) is 0. The largest absolute Gasteiger partial charge is 0.416 e. The summed E-state index contributed by atoms with van der Waals surface area (Å²) in [6.45, 7) is 1.20. The lowest BCUT2D eigenvalue weighted by molar-refractivity contribution is -0.0980. The lowest BCUT2D eigenvalue weighted by atomic mass is 9.86. The van der Waals surface area contributed by atoms with E-state index in [1.165, 1.54) is 17.9 Å². The van der Waals surface area contributed by atoms with Crippen molar-refractivity contribution in [2.45, 2.75) is 25.7 Å². The van der Waals surface area contributed by atoms with Gasteiger partial charge in [-0.1, -0.05) is 6.08 Å². The van der Waals surface area contributed by atoms with Crippen LogP contribution in [-0.2, 0) is 0 Å². The molecule has 0 spiro atoms. The molecule has 0 bridgehead atoms. The molecule has 1 heterocycles. The Labute approximate surface area is 123 Å². The third-order valence-electron chi connectivity index (χ3n) is 3.58. The molecule has 0 N–H and O–H groups in total. The lowest BCUT2D eigenvalue weighted by Crippen LogP contribution is -2.24. The summed E-state index contributed by atoms with van der Waals surface area (Å²) >= 11 is 0. The van der Waals surface area contributed by atoms with Crippen LogP contribution in [0.2, 0.25) is 0 Å². The van der Waals surface area contributed by atoms with Crippen molar-refractivity contribution in [1.82, 2.24) is 4.90 Å². The molecule has 1 aliphatic heterocycles. The van der Waals surface area contributed by atoms with E-state index in [4.69, 9.17) is 0 Å². The second-order valence-corrected chi connectivity index (χ2v) is 5.06. The summed E-state index contributed by atoms with van der Waals surface area (Å²) in [4.78, 5) is 1.51. The van der Waals surface area contributed by atoms with E-state index in [0.717, 1.165) is 0 Å². The quantitative estimate of drug-likeness (QED) is 0.566. The van der Waals surface area contributed by atoms with Crippen molar-refractivity contribution >= 4 is 0 Å². The zero-order valence-electron chi connectivity index (χ0n) is 11.8. The van der Waals surface area contributed by atoms with E-state index < -0.39 is 29.9 Å². The van der Waals surface area contributed by atoms with Crippen LogP contribution in [0.5, 0.6) is 0 Å². The summed E-state index contributed by atoms with van der Waals surface area (Å²) in [6, 6.07) is 0. The van der Waals surface area contributed by atoms with Gasteiger partial charge in [0, 0.05) is 30.9 Å². The first-order valence-electron chi connectivity index (χ1n) is 6.39. The monoisotopic (exact) mass is 321 g/mol. The van der Waals surface area contributed by atoms with Crippen LogP contribution in [0.1, 0.15) is 13.3 Å². The molecule has 1 aliphatic carbocycles. The summed E-state index contributed by atoms with van der Waals surface area (Å²) < 4.78 is 78.0. The fourth-order valence-corrected chi connectivity index (χ4v) is 2.42. The van der Waals surface area contributed by atoms with E-state index >= 15 is 0 Å². The van der Waals surface area contributed by atoms with E-state index in [-0.39, 0.29) is 17.2 Å².